The maximum atomic E-state index is 9.72. The molecule has 0 aliphatic heterocycles. The van der Waals surface area contributed by atoms with Gasteiger partial charge in [-0.25, -0.2) is 4.57 Å². The molecular formula is C5H9O2P. The lowest BCUT2D eigenvalue weighted by Gasteiger charge is -2.22. The first-order valence-corrected chi connectivity index (χ1v) is 3.61. The van der Waals surface area contributed by atoms with Crippen molar-refractivity contribution in [1.29, 1.82) is 0 Å². The molecule has 8 heavy (non-hydrogen) atoms. The third-order valence-electron chi connectivity index (χ3n) is 1.59. The van der Waals surface area contributed by atoms with Gasteiger partial charge in [0.05, 0.1) is 6.61 Å². The number of hydrogen-bond donors (Lipinski definition) is 0. The van der Waals surface area contributed by atoms with Crippen LogP contribution in [0.4, 0.5) is 0 Å². The molecule has 0 unspecified atom stereocenters. The van der Waals surface area contributed by atoms with E-state index in [2.05, 4.69) is 4.52 Å². The summed E-state index contributed by atoms with van der Waals surface area (Å²) in [6, 6.07) is 0. The molecule has 1 rings (SSSR count). The first kappa shape index (κ1) is 6.18. The summed E-state index contributed by atoms with van der Waals surface area (Å²) >= 11 is 0. The molecule has 0 saturated heterocycles. The molecule has 0 spiro atoms. The van der Waals surface area contributed by atoms with Crippen LogP contribution in [0.15, 0.2) is 0 Å². The van der Waals surface area contributed by atoms with Gasteiger partial charge >= 0.3 is 8.69 Å². The summed E-state index contributed by atoms with van der Waals surface area (Å²) in [5.74, 6) is 0.705. The average Bonchev–Trinajstić information content (AvgIpc) is 1.63. The van der Waals surface area contributed by atoms with Crippen LogP contribution in [0.3, 0.4) is 0 Å². The van der Waals surface area contributed by atoms with Crippen molar-refractivity contribution in [3.63, 3.8) is 0 Å². The van der Waals surface area contributed by atoms with E-state index >= 15 is 0 Å². The second-order valence-electron chi connectivity index (χ2n) is 2.17. The minimum Gasteiger partial charge on any atom is -0.294 e. The van der Waals surface area contributed by atoms with E-state index in [0.29, 0.717) is 12.5 Å². The van der Waals surface area contributed by atoms with Crippen molar-refractivity contribution in [2.45, 2.75) is 19.3 Å². The molecule has 0 atom stereocenters. The van der Waals surface area contributed by atoms with Crippen LogP contribution in [0.5, 0.6) is 0 Å². The van der Waals surface area contributed by atoms with Crippen LogP contribution in [0.25, 0.3) is 0 Å². The lowest BCUT2D eigenvalue weighted by molar-refractivity contribution is 0.193. The molecule has 2 nitrogen and oxygen atoms in total. The summed E-state index contributed by atoms with van der Waals surface area (Å²) in [7, 11) is -0.167. The maximum absolute atomic E-state index is 9.72. The van der Waals surface area contributed by atoms with Gasteiger partial charge < -0.3 is 0 Å². The Hall–Kier alpha value is 0.0600. The van der Waals surface area contributed by atoms with Crippen LogP contribution in [-0.2, 0) is 9.09 Å². The van der Waals surface area contributed by atoms with E-state index in [0.717, 1.165) is 0 Å². The third-order valence-corrected chi connectivity index (χ3v) is 1.84. The van der Waals surface area contributed by atoms with Gasteiger partial charge in [0.2, 0.25) is 0 Å². The standard InChI is InChI=1S/C5H9O2P/c6-8-7-4-5-2-1-3-5/h5H,1-4H2. The fourth-order valence-corrected chi connectivity index (χ4v) is 1.07. The van der Waals surface area contributed by atoms with Crippen LogP contribution in [-0.4, -0.2) is 6.61 Å². The Morgan fingerprint density at radius 2 is 2.38 bits per heavy atom. The van der Waals surface area contributed by atoms with Crippen molar-refractivity contribution < 1.29 is 9.09 Å². The zero-order valence-corrected chi connectivity index (χ0v) is 5.56. The average molecular weight is 132 g/mol. The van der Waals surface area contributed by atoms with Gasteiger partial charge in [0.15, 0.2) is 0 Å². The van der Waals surface area contributed by atoms with Gasteiger partial charge in [-0.15, -0.1) is 0 Å². The highest BCUT2D eigenvalue weighted by atomic mass is 31.1. The largest absolute Gasteiger partial charge is 0.327 e. The fraction of sp³-hybridized carbons (Fsp3) is 1.00. The Morgan fingerprint density at radius 1 is 1.62 bits per heavy atom. The van der Waals surface area contributed by atoms with Crippen molar-refractivity contribution >= 4 is 8.69 Å². The lowest BCUT2D eigenvalue weighted by atomic mass is 9.86. The van der Waals surface area contributed by atoms with Crippen molar-refractivity contribution in [3.8, 4) is 0 Å². The molecule has 1 saturated carbocycles. The van der Waals surface area contributed by atoms with Crippen molar-refractivity contribution in [1.82, 2.24) is 0 Å². The van der Waals surface area contributed by atoms with Crippen LogP contribution >= 0.6 is 8.69 Å². The lowest BCUT2D eigenvalue weighted by Crippen LogP contribution is -2.15. The molecular weight excluding hydrogens is 123 g/mol. The molecule has 1 aliphatic rings. The Kier molecular flexibility index (Phi) is 2.44. The zero-order chi connectivity index (χ0) is 5.82. The van der Waals surface area contributed by atoms with E-state index in [1.807, 2.05) is 0 Å². The van der Waals surface area contributed by atoms with Crippen LogP contribution < -0.4 is 0 Å². The summed E-state index contributed by atoms with van der Waals surface area (Å²) in [6.07, 6.45) is 3.84. The Bertz CT molecular complexity index is 80.5. The second kappa shape index (κ2) is 3.16. The molecule has 0 N–H and O–H groups in total. The van der Waals surface area contributed by atoms with Crippen LogP contribution in [0.1, 0.15) is 19.3 Å². The molecule has 46 valence electrons. The van der Waals surface area contributed by atoms with Gasteiger partial charge in [0.1, 0.15) is 0 Å². The van der Waals surface area contributed by atoms with Gasteiger partial charge in [-0.05, 0) is 18.8 Å². The highest BCUT2D eigenvalue weighted by molar-refractivity contribution is 7.17. The smallest absolute Gasteiger partial charge is 0.294 e. The molecule has 0 aromatic rings. The molecule has 1 fully saturated rings. The highest BCUT2D eigenvalue weighted by Gasteiger charge is 2.16. The summed E-state index contributed by atoms with van der Waals surface area (Å²) in [5.41, 5.74) is 0. The number of rotatable bonds is 3. The summed E-state index contributed by atoms with van der Waals surface area (Å²) in [5, 5.41) is 0. The van der Waals surface area contributed by atoms with Gasteiger partial charge in [-0.3, -0.25) is 4.52 Å². The molecule has 0 amide bonds. The van der Waals surface area contributed by atoms with Crippen molar-refractivity contribution in [3.05, 3.63) is 0 Å². The van der Waals surface area contributed by atoms with E-state index in [1.54, 1.807) is 0 Å². The monoisotopic (exact) mass is 132 g/mol. The first-order chi connectivity index (χ1) is 3.93. The van der Waals surface area contributed by atoms with E-state index in [4.69, 9.17) is 0 Å². The second-order valence-corrected chi connectivity index (χ2v) is 2.57. The van der Waals surface area contributed by atoms with Gasteiger partial charge in [0.25, 0.3) is 0 Å². The zero-order valence-electron chi connectivity index (χ0n) is 4.67. The van der Waals surface area contributed by atoms with Crippen molar-refractivity contribution in [2.75, 3.05) is 6.61 Å². The topological polar surface area (TPSA) is 26.3 Å². The molecule has 0 aromatic carbocycles. The molecule has 0 heterocycles. The summed E-state index contributed by atoms with van der Waals surface area (Å²) in [6.45, 7) is 0.686. The van der Waals surface area contributed by atoms with E-state index < -0.39 is 0 Å². The van der Waals surface area contributed by atoms with E-state index in [-0.39, 0.29) is 8.69 Å². The van der Waals surface area contributed by atoms with Crippen LogP contribution in [0, 0.1) is 5.92 Å². The fourth-order valence-electron chi connectivity index (χ4n) is 0.795. The predicted octanol–water partition coefficient (Wildman–Crippen LogP) is 2.01. The molecule has 0 aromatic heterocycles. The Morgan fingerprint density at radius 3 is 2.75 bits per heavy atom. The Balaban J connectivity index is 1.93. The van der Waals surface area contributed by atoms with Gasteiger partial charge in [-0.1, -0.05) is 6.42 Å². The van der Waals surface area contributed by atoms with Crippen molar-refractivity contribution in [2.24, 2.45) is 5.92 Å². The minimum atomic E-state index is -0.167. The first-order valence-electron chi connectivity index (χ1n) is 2.88. The van der Waals surface area contributed by atoms with Gasteiger partial charge in [-0.2, -0.15) is 0 Å². The molecule has 1 aliphatic carbocycles. The van der Waals surface area contributed by atoms with E-state index in [1.165, 1.54) is 19.3 Å². The quantitative estimate of drug-likeness (QED) is 0.549. The number of hydrogen-bond acceptors (Lipinski definition) is 2. The third kappa shape index (κ3) is 1.53. The van der Waals surface area contributed by atoms with Crippen LogP contribution in [0.2, 0.25) is 0 Å². The highest BCUT2D eigenvalue weighted by Crippen LogP contribution is 2.27. The molecule has 0 bridgehead atoms. The summed E-state index contributed by atoms with van der Waals surface area (Å²) in [4.78, 5) is 0. The normalized spacial score (nSPS) is 21.0. The van der Waals surface area contributed by atoms with Gasteiger partial charge in [0, 0.05) is 0 Å². The SMILES string of the molecule is O=POCC1CCC1. The Labute approximate surface area is 50.5 Å². The summed E-state index contributed by atoms with van der Waals surface area (Å²) < 4.78 is 14.4. The minimum absolute atomic E-state index is 0.167. The maximum Gasteiger partial charge on any atom is 0.327 e. The van der Waals surface area contributed by atoms with E-state index in [9.17, 15) is 4.57 Å². The molecule has 0 radical (unpaired) electrons. The molecule has 3 heteroatoms. The predicted molar refractivity (Wildman–Crippen MR) is 30.9 cm³/mol.